The minimum absolute atomic E-state index is 0.0994. The molecule has 6 nitrogen and oxygen atoms in total. The number of imidazole rings is 1. The molecule has 2 heterocycles. The highest BCUT2D eigenvalue weighted by atomic mass is 15.3. The zero-order valence-electron chi connectivity index (χ0n) is 10.0. The first-order valence-electron chi connectivity index (χ1n) is 5.89. The number of aryl methyl sites for hydroxylation is 1. The Morgan fingerprint density at radius 3 is 2.94 bits per heavy atom. The average molecular weight is 232 g/mol. The van der Waals surface area contributed by atoms with Crippen LogP contribution in [0.2, 0.25) is 0 Å². The Labute approximate surface area is 99.7 Å². The van der Waals surface area contributed by atoms with Gasteiger partial charge in [0.15, 0.2) is 5.82 Å². The highest BCUT2D eigenvalue weighted by molar-refractivity contribution is 5.30. The van der Waals surface area contributed by atoms with E-state index < -0.39 is 0 Å². The molecule has 1 aliphatic carbocycles. The van der Waals surface area contributed by atoms with Crippen molar-refractivity contribution in [1.82, 2.24) is 24.3 Å². The van der Waals surface area contributed by atoms with Crippen LogP contribution in [0, 0.1) is 0 Å². The number of aromatic nitrogens is 5. The van der Waals surface area contributed by atoms with Crippen LogP contribution in [-0.4, -0.2) is 24.3 Å². The SMILES string of the molecule is CC(Nc1nccn1C1CC1)c1nncn1C. The number of rotatable bonds is 4. The van der Waals surface area contributed by atoms with Gasteiger partial charge in [-0.05, 0) is 19.8 Å². The number of anilines is 1. The van der Waals surface area contributed by atoms with E-state index >= 15 is 0 Å². The lowest BCUT2D eigenvalue weighted by molar-refractivity contribution is 0.685. The maximum atomic E-state index is 4.35. The Morgan fingerprint density at radius 1 is 1.47 bits per heavy atom. The molecule has 1 aliphatic rings. The lowest BCUT2D eigenvalue weighted by atomic mass is 10.3. The number of nitrogens with zero attached hydrogens (tertiary/aromatic N) is 5. The van der Waals surface area contributed by atoms with Gasteiger partial charge in [-0.15, -0.1) is 10.2 Å². The molecule has 1 atom stereocenters. The van der Waals surface area contributed by atoms with E-state index in [9.17, 15) is 0 Å². The van der Waals surface area contributed by atoms with Crippen LogP contribution in [0.15, 0.2) is 18.7 Å². The zero-order chi connectivity index (χ0) is 11.8. The van der Waals surface area contributed by atoms with E-state index in [4.69, 9.17) is 0 Å². The van der Waals surface area contributed by atoms with E-state index in [1.807, 2.05) is 24.0 Å². The van der Waals surface area contributed by atoms with E-state index in [0.29, 0.717) is 6.04 Å². The first-order chi connectivity index (χ1) is 8.25. The van der Waals surface area contributed by atoms with Gasteiger partial charge in [0, 0.05) is 25.5 Å². The summed E-state index contributed by atoms with van der Waals surface area (Å²) in [5.41, 5.74) is 0. The van der Waals surface area contributed by atoms with Gasteiger partial charge in [0.1, 0.15) is 6.33 Å². The monoisotopic (exact) mass is 232 g/mol. The van der Waals surface area contributed by atoms with Crippen LogP contribution in [0.25, 0.3) is 0 Å². The first-order valence-corrected chi connectivity index (χ1v) is 5.89. The smallest absolute Gasteiger partial charge is 0.203 e. The number of nitrogens with one attached hydrogen (secondary N) is 1. The normalized spacial score (nSPS) is 17.1. The minimum Gasteiger partial charge on any atom is -0.346 e. The van der Waals surface area contributed by atoms with Gasteiger partial charge in [0.2, 0.25) is 5.95 Å². The van der Waals surface area contributed by atoms with Crippen molar-refractivity contribution in [1.29, 1.82) is 0 Å². The lowest BCUT2D eigenvalue weighted by Gasteiger charge is -2.14. The fourth-order valence-corrected chi connectivity index (χ4v) is 2.01. The first kappa shape index (κ1) is 10.3. The van der Waals surface area contributed by atoms with Gasteiger partial charge in [0.25, 0.3) is 0 Å². The topological polar surface area (TPSA) is 60.6 Å². The van der Waals surface area contributed by atoms with E-state index in [2.05, 4.69) is 32.0 Å². The number of hydrogen-bond acceptors (Lipinski definition) is 4. The molecule has 2 aromatic heterocycles. The third-order valence-electron chi connectivity index (χ3n) is 3.09. The molecular formula is C11H16N6. The summed E-state index contributed by atoms with van der Waals surface area (Å²) in [5, 5.41) is 11.4. The van der Waals surface area contributed by atoms with Crippen LogP contribution in [0.4, 0.5) is 5.95 Å². The van der Waals surface area contributed by atoms with Gasteiger partial charge in [0.05, 0.1) is 6.04 Å². The molecule has 0 saturated heterocycles. The van der Waals surface area contributed by atoms with Crippen molar-refractivity contribution in [3.8, 4) is 0 Å². The second kappa shape index (κ2) is 3.87. The fourth-order valence-electron chi connectivity index (χ4n) is 2.01. The molecule has 17 heavy (non-hydrogen) atoms. The summed E-state index contributed by atoms with van der Waals surface area (Å²) in [7, 11) is 1.95. The predicted octanol–water partition coefficient (Wildman–Crippen LogP) is 1.52. The van der Waals surface area contributed by atoms with E-state index in [-0.39, 0.29) is 6.04 Å². The average Bonchev–Trinajstić information content (AvgIpc) is 2.89. The van der Waals surface area contributed by atoms with Crippen LogP contribution in [0.3, 0.4) is 0 Å². The molecule has 0 spiro atoms. The summed E-state index contributed by atoms with van der Waals surface area (Å²) in [5.74, 6) is 1.83. The lowest BCUT2D eigenvalue weighted by Crippen LogP contribution is -2.15. The molecule has 0 radical (unpaired) electrons. The highest BCUT2D eigenvalue weighted by Gasteiger charge is 2.26. The van der Waals surface area contributed by atoms with E-state index in [0.717, 1.165) is 11.8 Å². The van der Waals surface area contributed by atoms with Crippen molar-refractivity contribution in [2.24, 2.45) is 7.05 Å². The van der Waals surface area contributed by atoms with Crippen molar-refractivity contribution >= 4 is 5.95 Å². The second-order valence-electron chi connectivity index (χ2n) is 4.56. The Kier molecular flexibility index (Phi) is 2.35. The molecule has 6 heteroatoms. The molecule has 0 aliphatic heterocycles. The molecule has 1 fully saturated rings. The standard InChI is InChI=1S/C11H16N6/c1-8(10-15-13-7-16(10)2)14-11-12-5-6-17(11)9-3-4-9/h5-9H,3-4H2,1-2H3,(H,12,14). The molecule has 1 N–H and O–H groups in total. The Balaban J connectivity index is 1.78. The fraction of sp³-hybridized carbons (Fsp3) is 0.545. The summed E-state index contributed by atoms with van der Waals surface area (Å²) in [6.07, 6.45) is 8.08. The maximum Gasteiger partial charge on any atom is 0.203 e. The number of hydrogen-bond donors (Lipinski definition) is 1. The van der Waals surface area contributed by atoms with E-state index in [1.54, 1.807) is 6.33 Å². The summed E-state index contributed by atoms with van der Waals surface area (Å²) in [4.78, 5) is 4.35. The van der Waals surface area contributed by atoms with Gasteiger partial charge in [-0.25, -0.2) is 4.98 Å². The van der Waals surface area contributed by atoms with Crippen LogP contribution in [0.1, 0.15) is 37.7 Å². The van der Waals surface area contributed by atoms with E-state index in [1.165, 1.54) is 12.8 Å². The van der Waals surface area contributed by atoms with Gasteiger partial charge < -0.3 is 14.5 Å². The Hall–Kier alpha value is -1.85. The van der Waals surface area contributed by atoms with Gasteiger partial charge in [-0.2, -0.15) is 0 Å². The molecule has 0 aromatic carbocycles. The summed E-state index contributed by atoms with van der Waals surface area (Å²) < 4.78 is 4.12. The Bertz CT molecular complexity index is 510. The molecule has 2 aromatic rings. The van der Waals surface area contributed by atoms with Crippen LogP contribution >= 0.6 is 0 Å². The third kappa shape index (κ3) is 1.90. The maximum absolute atomic E-state index is 4.35. The van der Waals surface area contributed by atoms with Crippen molar-refractivity contribution in [2.45, 2.75) is 31.8 Å². The molecule has 0 amide bonds. The van der Waals surface area contributed by atoms with Crippen molar-refractivity contribution in [3.63, 3.8) is 0 Å². The van der Waals surface area contributed by atoms with Gasteiger partial charge in [-0.3, -0.25) is 0 Å². The summed E-state index contributed by atoms with van der Waals surface area (Å²) >= 11 is 0. The summed E-state index contributed by atoms with van der Waals surface area (Å²) in [6.45, 7) is 2.07. The quantitative estimate of drug-likeness (QED) is 0.868. The zero-order valence-corrected chi connectivity index (χ0v) is 10.0. The van der Waals surface area contributed by atoms with Crippen LogP contribution in [-0.2, 0) is 7.05 Å². The molecular weight excluding hydrogens is 216 g/mol. The second-order valence-corrected chi connectivity index (χ2v) is 4.56. The third-order valence-corrected chi connectivity index (χ3v) is 3.09. The van der Waals surface area contributed by atoms with Gasteiger partial charge >= 0.3 is 0 Å². The van der Waals surface area contributed by atoms with Gasteiger partial charge in [-0.1, -0.05) is 0 Å². The predicted molar refractivity (Wildman–Crippen MR) is 63.5 cm³/mol. The highest BCUT2D eigenvalue weighted by Crippen LogP contribution is 2.37. The summed E-state index contributed by atoms with van der Waals surface area (Å²) in [6, 6.07) is 0.731. The Morgan fingerprint density at radius 2 is 2.29 bits per heavy atom. The van der Waals surface area contributed by atoms with Crippen LogP contribution < -0.4 is 5.32 Å². The molecule has 1 saturated carbocycles. The molecule has 1 unspecified atom stereocenters. The molecule has 0 bridgehead atoms. The van der Waals surface area contributed by atoms with Crippen LogP contribution in [0.5, 0.6) is 0 Å². The molecule has 3 rings (SSSR count). The largest absolute Gasteiger partial charge is 0.346 e. The minimum atomic E-state index is 0.0994. The van der Waals surface area contributed by atoms with Crippen molar-refractivity contribution < 1.29 is 0 Å². The molecule has 90 valence electrons. The van der Waals surface area contributed by atoms with Crippen molar-refractivity contribution in [2.75, 3.05) is 5.32 Å². The van der Waals surface area contributed by atoms with Crippen molar-refractivity contribution in [3.05, 3.63) is 24.5 Å².